The first-order valence-corrected chi connectivity index (χ1v) is 8.74. The summed E-state index contributed by atoms with van der Waals surface area (Å²) < 4.78 is 11.4. The van der Waals surface area contributed by atoms with E-state index in [0.717, 1.165) is 5.92 Å². The molecule has 0 N–H and O–H groups in total. The van der Waals surface area contributed by atoms with Crippen LogP contribution in [0.15, 0.2) is 0 Å². The molecule has 0 bridgehead atoms. The van der Waals surface area contributed by atoms with E-state index in [1.165, 1.54) is 25.7 Å². The molecule has 14 heavy (non-hydrogen) atoms. The number of rotatable bonds is 4. The third-order valence-electron chi connectivity index (χ3n) is 3.28. The highest BCUT2D eigenvalue weighted by Gasteiger charge is 2.43. The van der Waals surface area contributed by atoms with Crippen molar-refractivity contribution in [1.82, 2.24) is 0 Å². The van der Waals surface area contributed by atoms with Gasteiger partial charge in [0.25, 0.3) is 0 Å². The van der Waals surface area contributed by atoms with E-state index < -0.39 is 9.04 Å². The first-order chi connectivity index (χ1) is 6.65. The topological polar surface area (TPSA) is 21.8 Å². The fraction of sp³-hybridized carbons (Fsp3) is 1.00. The molecular formula is C11H22O2Si. The molecule has 2 fully saturated rings. The Bertz CT molecular complexity index is 196. The molecule has 1 saturated carbocycles. The molecule has 2 nitrogen and oxygen atoms in total. The number of fused-ring (bicyclic) bond motifs is 1. The summed E-state index contributed by atoms with van der Waals surface area (Å²) in [6.07, 6.45) is 6.92. The summed E-state index contributed by atoms with van der Waals surface area (Å²) in [6.45, 7) is 6.72. The SMILES string of the molecule is CC(CC1CCC2OC2C1)O[SiH](C)C. The average Bonchev–Trinajstić information content (AvgIpc) is 2.79. The molecule has 0 aromatic carbocycles. The Kier molecular flexibility index (Phi) is 3.29. The maximum absolute atomic E-state index is 5.90. The minimum atomic E-state index is -0.837. The smallest absolute Gasteiger partial charge is 0.171 e. The van der Waals surface area contributed by atoms with Gasteiger partial charge < -0.3 is 9.16 Å². The van der Waals surface area contributed by atoms with Crippen LogP contribution < -0.4 is 0 Å². The van der Waals surface area contributed by atoms with Crippen LogP contribution >= 0.6 is 0 Å². The molecule has 3 heteroatoms. The molecule has 0 aromatic heterocycles. The summed E-state index contributed by atoms with van der Waals surface area (Å²) in [6, 6.07) is 0. The summed E-state index contributed by atoms with van der Waals surface area (Å²) in [5.74, 6) is 0.862. The Labute approximate surface area is 88.7 Å². The first kappa shape index (κ1) is 10.6. The minimum Gasteiger partial charge on any atom is -0.418 e. The Morgan fingerprint density at radius 2 is 2.14 bits per heavy atom. The van der Waals surface area contributed by atoms with Crippen LogP contribution in [0.4, 0.5) is 0 Å². The van der Waals surface area contributed by atoms with E-state index in [1.54, 1.807) is 0 Å². The standard InChI is InChI=1S/C11H22O2Si/c1-8(13-14(2)3)6-9-4-5-10-11(7-9)12-10/h8-11,14H,4-7H2,1-3H3. The maximum Gasteiger partial charge on any atom is 0.171 e. The Balaban J connectivity index is 1.68. The van der Waals surface area contributed by atoms with E-state index in [-0.39, 0.29) is 0 Å². The zero-order valence-electron chi connectivity index (χ0n) is 9.53. The molecule has 2 rings (SSSR count). The molecule has 1 heterocycles. The fourth-order valence-corrected chi connectivity index (χ4v) is 3.73. The maximum atomic E-state index is 5.90. The second-order valence-corrected chi connectivity index (χ2v) is 7.49. The second-order valence-electron chi connectivity index (χ2n) is 5.12. The Morgan fingerprint density at radius 1 is 1.36 bits per heavy atom. The van der Waals surface area contributed by atoms with E-state index >= 15 is 0 Å². The molecule has 0 spiro atoms. The lowest BCUT2D eigenvalue weighted by Gasteiger charge is -2.24. The molecule has 0 aromatic rings. The monoisotopic (exact) mass is 214 g/mol. The minimum absolute atomic E-state index is 0.474. The van der Waals surface area contributed by atoms with Crippen molar-refractivity contribution in [2.24, 2.45) is 5.92 Å². The average molecular weight is 214 g/mol. The van der Waals surface area contributed by atoms with Gasteiger partial charge in [0, 0.05) is 6.10 Å². The highest BCUT2D eigenvalue weighted by atomic mass is 28.3. The fourth-order valence-electron chi connectivity index (χ4n) is 2.69. The van der Waals surface area contributed by atoms with Crippen molar-refractivity contribution in [3.63, 3.8) is 0 Å². The van der Waals surface area contributed by atoms with Crippen LogP contribution in [-0.4, -0.2) is 27.4 Å². The van der Waals surface area contributed by atoms with Gasteiger partial charge in [0.15, 0.2) is 9.04 Å². The molecule has 0 radical (unpaired) electrons. The van der Waals surface area contributed by atoms with Crippen molar-refractivity contribution in [2.45, 2.75) is 64.0 Å². The molecule has 0 amide bonds. The number of ether oxygens (including phenoxy) is 1. The van der Waals surface area contributed by atoms with Gasteiger partial charge in [0.2, 0.25) is 0 Å². The van der Waals surface area contributed by atoms with Crippen molar-refractivity contribution in [3.8, 4) is 0 Å². The van der Waals surface area contributed by atoms with Crippen LogP contribution in [0, 0.1) is 5.92 Å². The van der Waals surface area contributed by atoms with Gasteiger partial charge in [-0.05, 0) is 51.6 Å². The normalized spacial score (nSPS) is 38.1. The molecule has 82 valence electrons. The number of hydrogen-bond acceptors (Lipinski definition) is 2. The van der Waals surface area contributed by atoms with E-state index in [2.05, 4.69) is 20.0 Å². The highest BCUT2D eigenvalue weighted by molar-refractivity contribution is 6.48. The predicted octanol–water partition coefficient (Wildman–Crippen LogP) is 2.33. The molecule has 2 aliphatic rings. The van der Waals surface area contributed by atoms with Gasteiger partial charge in [0.1, 0.15) is 0 Å². The highest BCUT2D eigenvalue weighted by Crippen LogP contribution is 2.41. The van der Waals surface area contributed by atoms with Crippen molar-refractivity contribution in [2.75, 3.05) is 0 Å². The summed E-state index contributed by atoms with van der Waals surface area (Å²) in [7, 11) is -0.837. The van der Waals surface area contributed by atoms with Crippen LogP contribution in [0.2, 0.25) is 13.1 Å². The van der Waals surface area contributed by atoms with Crippen LogP contribution in [-0.2, 0) is 9.16 Å². The van der Waals surface area contributed by atoms with Crippen LogP contribution in [0.5, 0.6) is 0 Å². The quantitative estimate of drug-likeness (QED) is 0.529. The summed E-state index contributed by atoms with van der Waals surface area (Å²) in [5, 5.41) is 0. The summed E-state index contributed by atoms with van der Waals surface area (Å²) in [4.78, 5) is 0. The van der Waals surface area contributed by atoms with Crippen molar-refractivity contribution in [3.05, 3.63) is 0 Å². The van der Waals surface area contributed by atoms with Gasteiger partial charge in [0.05, 0.1) is 12.2 Å². The van der Waals surface area contributed by atoms with Crippen LogP contribution in [0.25, 0.3) is 0 Å². The lowest BCUT2D eigenvalue weighted by molar-refractivity contribution is 0.174. The van der Waals surface area contributed by atoms with Crippen molar-refractivity contribution >= 4 is 9.04 Å². The molecule has 4 unspecified atom stereocenters. The third kappa shape index (κ3) is 2.81. The zero-order valence-corrected chi connectivity index (χ0v) is 10.7. The first-order valence-electron chi connectivity index (χ1n) is 5.96. The largest absolute Gasteiger partial charge is 0.418 e. The van der Waals surface area contributed by atoms with Crippen molar-refractivity contribution < 1.29 is 9.16 Å². The van der Waals surface area contributed by atoms with Gasteiger partial charge >= 0.3 is 0 Å². The molecule has 1 saturated heterocycles. The van der Waals surface area contributed by atoms with E-state index in [0.29, 0.717) is 18.3 Å². The van der Waals surface area contributed by atoms with Crippen LogP contribution in [0.1, 0.15) is 32.6 Å². The predicted molar refractivity (Wildman–Crippen MR) is 60.0 cm³/mol. The van der Waals surface area contributed by atoms with Gasteiger partial charge in [-0.2, -0.15) is 0 Å². The van der Waals surface area contributed by atoms with E-state index in [9.17, 15) is 0 Å². The summed E-state index contributed by atoms with van der Waals surface area (Å²) >= 11 is 0. The van der Waals surface area contributed by atoms with Gasteiger partial charge in [-0.25, -0.2) is 0 Å². The molecule has 1 aliphatic heterocycles. The van der Waals surface area contributed by atoms with Crippen molar-refractivity contribution in [1.29, 1.82) is 0 Å². The van der Waals surface area contributed by atoms with Gasteiger partial charge in [-0.1, -0.05) is 0 Å². The third-order valence-corrected chi connectivity index (χ3v) is 4.29. The molecule has 1 aliphatic carbocycles. The Hall–Kier alpha value is 0.137. The summed E-state index contributed by atoms with van der Waals surface area (Å²) in [5.41, 5.74) is 0. The molecule has 4 atom stereocenters. The lowest BCUT2D eigenvalue weighted by atomic mass is 9.86. The number of epoxide rings is 1. The van der Waals surface area contributed by atoms with E-state index in [4.69, 9.17) is 9.16 Å². The van der Waals surface area contributed by atoms with Gasteiger partial charge in [-0.15, -0.1) is 0 Å². The van der Waals surface area contributed by atoms with Crippen LogP contribution in [0.3, 0.4) is 0 Å². The zero-order chi connectivity index (χ0) is 10.1. The lowest BCUT2D eigenvalue weighted by Crippen LogP contribution is -2.23. The second kappa shape index (κ2) is 4.33. The number of hydrogen-bond donors (Lipinski definition) is 0. The van der Waals surface area contributed by atoms with Gasteiger partial charge in [-0.3, -0.25) is 0 Å². The van der Waals surface area contributed by atoms with E-state index in [1.807, 2.05) is 0 Å². The Morgan fingerprint density at radius 3 is 2.79 bits per heavy atom. The molecular weight excluding hydrogens is 192 g/mol.